The van der Waals surface area contributed by atoms with Gasteiger partial charge in [-0.25, -0.2) is 9.18 Å². The highest BCUT2D eigenvalue weighted by Crippen LogP contribution is 2.36. The number of ether oxygens (including phenoxy) is 2. The lowest BCUT2D eigenvalue weighted by Crippen LogP contribution is -2.16. The molecule has 3 rings (SSSR count). The number of carbonyl (C=O) groups excluding carboxylic acids is 1. The van der Waals surface area contributed by atoms with Gasteiger partial charge >= 0.3 is 5.97 Å². The molecule has 0 saturated carbocycles. The number of halogens is 1. The van der Waals surface area contributed by atoms with Crippen LogP contribution in [-0.2, 0) is 16.8 Å². The molecule has 0 amide bonds. The van der Waals surface area contributed by atoms with Gasteiger partial charge in [0, 0.05) is 10.8 Å². The highest BCUT2D eigenvalue weighted by molar-refractivity contribution is 6.05. The van der Waals surface area contributed by atoms with Crippen LogP contribution < -0.4 is 4.74 Å². The van der Waals surface area contributed by atoms with Gasteiger partial charge in [0.25, 0.3) is 0 Å². The Labute approximate surface area is 157 Å². The molecule has 5 heteroatoms. The topological polar surface area (TPSA) is 48.7 Å². The van der Waals surface area contributed by atoms with Crippen LogP contribution >= 0.6 is 0 Å². The van der Waals surface area contributed by atoms with Gasteiger partial charge in [-0.2, -0.15) is 0 Å². The van der Waals surface area contributed by atoms with Crippen LogP contribution in [0.2, 0.25) is 0 Å². The zero-order valence-corrected chi connectivity index (χ0v) is 16.0. The Balaban J connectivity index is 1.96. The summed E-state index contributed by atoms with van der Waals surface area (Å²) in [7, 11) is 0. The molecule has 1 aromatic heterocycles. The fraction of sp³-hybridized carbons (Fsp3) is 0.318. The van der Waals surface area contributed by atoms with Crippen molar-refractivity contribution in [2.24, 2.45) is 0 Å². The molecule has 0 fully saturated rings. The van der Waals surface area contributed by atoms with Crippen LogP contribution in [0.5, 0.6) is 5.75 Å². The lowest BCUT2D eigenvalue weighted by Gasteiger charge is -2.16. The number of carbonyl (C=O) groups is 1. The fourth-order valence-electron chi connectivity index (χ4n) is 2.85. The molecule has 0 radical (unpaired) electrons. The molecule has 0 atom stereocenters. The van der Waals surface area contributed by atoms with Crippen molar-refractivity contribution in [1.82, 2.24) is 0 Å². The van der Waals surface area contributed by atoms with Crippen molar-refractivity contribution in [1.29, 1.82) is 0 Å². The Hall–Kier alpha value is -2.82. The number of furan rings is 1. The summed E-state index contributed by atoms with van der Waals surface area (Å²) in [5, 5.41) is 0.662. The zero-order valence-electron chi connectivity index (χ0n) is 16.0. The normalized spacial score (nSPS) is 11.6. The highest BCUT2D eigenvalue weighted by atomic mass is 19.1. The minimum Gasteiger partial charge on any atom is -0.489 e. The number of benzene rings is 2. The number of fused-ring (bicyclic) bond motifs is 1. The predicted octanol–water partition coefficient (Wildman–Crippen LogP) is 5.63. The van der Waals surface area contributed by atoms with E-state index in [1.54, 1.807) is 37.3 Å². The molecule has 3 aromatic rings. The van der Waals surface area contributed by atoms with E-state index < -0.39 is 5.97 Å². The number of rotatable bonds is 5. The molecule has 2 aromatic carbocycles. The van der Waals surface area contributed by atoms with Gasteiger partial charge in [0.05, 0.1) is 6.61 Å². The molecule has 0 spiro atoms. The first-order valence-corrected chi connectivity index (χ1v) is 8.91. The van der Waals surface area contributed by atoms with E-state index in [-0.39, 0.29) is 17.8 Å². The van der Waals surface area contributed by atoms with E-state index >= 15 is 0 Å². The first-order chi connectivity index (χ1) is 12.8. The summed E-state index contributed by atoms with van der Waals surface area (Å²) in [5.74, 6) is 0.495. The summed E-state index contributed by atoms with van der Waals surface area (Å²) in [4.78, 5) is 12.6. The minimum absolute atomic E-state index is 0.285. The van der Waals surface area contributed by atoms with E-state index in [0.717, 1.165) is 5.56 Å². The first kappa shape index (κ1) is 19.0. The second-order valence-electron chi connectivity index (χ2n) is 7.35. The number of hydrogen-bond acceptors (Lipinski definition) is 4. The molecule has 142 valence electrons. The van der Waals surface area contributed by atoms with E-state index in [9.17, 15) is 9.18 Å². The molecule has 0 N–H and O–H groups in total. The van der Waals surface area contributed by atoms with Gasteiger partial charge in [0.2, 0.25) is 0 Å². The highest BCUT2D eigenvalue weighted by Gasteiger charge is 2.30. The van der Waals surface area contributed by atoms with Gasteiger partial charge in [0.15, 0.2) is 0 Å². The zero-order chi connectivity index (χ0) is 19.6. The second kappa shape index (κ2) is 7.43. The van der Waals surface area contributed by atoms with Crippen LogP contribution in [0, 0.1) is 5.82 Å². The van der Waals surface area contributed by atoms with Crippen LogP contribution in [0.4, 0.5) is 4.39 Å². The van der Waals surface area contributed by atoms with Gasteiger partial charge in [-0.1, -0.05) is 32.9 Å². The Morgan fingerprint density at radius 3 is 2.44 bits per heavy atom. The summed E-state index contributed by atoms with van der Waals surface area (Å²) in [5.41, 5.74) is 1.55. The lowest BCUT2D eigenvalue weighted by molar-refractivity contribution is 0.0523. The molecular formula is C22H23FO4. The Bertz CT molecular complexity index is 949. The summed E-state index contributed by atoms with van der Waals surface area (Å²) >= 11 is 0. The smallest absolute Gasteiger partial charge is 0.342 e. The van der Waals surface area contributed by atoms with Crippen molar-refractivity contribution < 1.29 is 23.1 Å². The van der Waals surface area contributed by atoms with Crippen molar-refractivity contribution in [3.05, 3.63) is 65.2 Å². The standard InChI is InChI=1S/C22H23FO4/c1-5-25-21(24)19-17-12-16(26-13-14-6-8-15(23)9-7-14)10-11-18(17)27-20(19)22(2,3)4/h6-12H,5,13H2,1-4H3. The largest absolute Gasteiger partial charge is 0.489 e. The second-order valence-corrected chi connectivity index (χ2v) is 7.35. The van der Waals surface area contributed by atoms with Gasteiger partial charge < -0.3 is 13.9 Å². The van der Waals surface area contributed by atoms with Crippen LogP contribution in [0.25, 0.3) is 11.0 Å². The molecule has 0 aliphatic rings. The third-order valence-corrected chi connectivity index (χ3v) is 4.14. The third-order valence-electron chi connectivity index (χ3n) is 4.14. The van der Waals surface area contributed by atoms with Crippen molar-refractivity contribution in [3.8, 4) is 5.75 Å². The summed E-state index contributed by atoms with van der Waals surface area (Å²) in [6, 6.07) is 11.5. The quantitative estimate of drug-likeness (QED) is 0.547. The van der Waals surface area contributed by atoms with Crippen molar-refractivity contribution in [3.63, 3.8) is 0 Å². The monoisotopic (exact) mass is 370 g/mol. The van der Waals surface area contributed by atoms with Crippen molar-refractivity contribution in [2.45, 2.75) is 39.7 Å². The van der Waals surface area contributed by atoms with Gasteiger partial charge in [0.1, 0.15) is 35.1 Å². The van der Waals surface area contributed by atoms with E-state index in [1.807, 2.05) is 20.8 Å². The SMILES string of the molecule is CCOC(=O)c1c(C(C)(C)C)oc2ccc(OCc3ccc(F)cc3)cc12. The summed E-state index contributed by atoms with van der Waals surface area (Å²) in [6.45, 7) is 8.31. The Morgan fingerprint density at radius 2 is 1.81 bits per heavy atom. The average Bonchev–Trinajstić information content (AvgIpc) is 3.00. The first-order valence-electron chi connectivity index (χ1n) is 8.91. The molecule has 0 aliphatic carbocycles. The molecular weight excluding hydrogens is 347 g/mol. The molecule has 1 heterocycles. The number of esters is 1. The third kappa shape index (κ3) is 4.13. The molecule has 27 heavy (non-hydrogen) atoms. The fourth-order valence-corrected chi connectivity index (χ4v) is 2.85. The minimum atomic E-state index is -0.406. The molecule has 4 nitrogen and oxygen atoms in total. The Morgan fingerprint density at radius 1 is 1.11 bits per heavy atom. The number of hydrogen-bond donors (Lipinski definition) is 0. The van der Waals surface area contributed by atoms with Crippen LogP contribution in [0.3, 0.4) is 0 Å². The van der Waals surface area contributed by atoms with E-state index in [4.69, 9.17) is 13.9 Å². The van der Waals surface area contributed by atoms with Crippen LogP contribution in [0.15, 0.2) is 46.9 Å². The molecule has 0 unspecified atom stereocenters. The van der Waals surface area contributed by atoms with Gasteiger partial charge in [-0.05, 0) is 42.8 Å². The van der Waals surface area contributed by atoms with E-state index in [1.165, 1.54) is 12.1 Å². The molecule has 0 aliphatic heterocycles. The molecule has 0 bridgehead atoms. The van der Waals surface area contributed by atoms with Crippen molar-refractivity contribution in [2.75, 3.05) is 6.61 Å². The maximum absolute atomic E-state index is 13.0. The molecule has 0 saturated heterocycles. The van der Waals surface area contributed by atoms with Gasteiger partial charge in [-0.3, -0.25) is 0 Å². The van der Waals surface area contributed by atoms with Crippen molar-refractivity contribution >= 4 is 16.9 Å². The maximum Gasteiger partial charge on any atom is 0.342 e. The van der Waals surface area contributed by atoms with E-state index in [2.05, 4.69) is 0 Å². The Kier molecular flexibility index (Phi) is 5.22. The summed E-state index contributed by atoms with van der Waals surface area (Å²) in [6.07, 6.45) is 0. The average molecular weight is 370 g/mol. The lowest BCUT2D eigenvalue weighted by atomic mass is 9.89. The summed E-state index contributed by atoms with van der Waals surface area (Å²) < 4.78 is 30.0. The van der Waals surface area contributed by atoms with Gasteiger partial charge in [-0.15, -0.1) is 0 Å². The van der Waals surface area contributed by atoms with E-state index in [0.29, 0.717) is 34.6 Å². The van der Waals surface area contributed by atoms with Crippen LogP contribution in [0.1, 0.15) is 49.4 Å². The van der Waals surface area contributed by atoms with Crippen LogP contribution in [-0.4, -0.2) is 12.6 Å². The predicted molar refractivity (Wildman–Crippen MR) is 102 cm³/mol. The maximum atomic E-state index is 13.0.